The lowest BCUT2D eigenvalue weighted by Gasteiger charge is -2.14. The van der Waals surface area contributed by atoms with Crippen molar-refractivity contribution in [3.05, 3.63) is 52.5 Å². The maximum atomic E-state index is 6.33. The fourth-order valence-corrected chi connectivity index (χ4v) is 2.51. The fourth-order valence-electron chi connectivity index (χ4n) is 2.18. The van der Waals surface area contributed by atoms with Crippen molar-refractivity contribution in [2.75, 3.05) is 27.4 Å². The Labute approximate surface area is 169 Å². The molecule has 6 nitrogen and oxygen atoms in total. The topological polar surface area (TPSA) is 64.1 Å². The highest BCUT2D eigenvalue weighted by Crippen LogP contribution is 2.36. The monoisotopic (exact) mass is 407 g/mol. The van der Waals surface area contributed by atoms with Crippen LogP contribution in [0.5, 0.6) is 17.2 Å². The maximum absolute atomic E-state index is 6.33. The van der Waals surface area contributed by atoms with Gasteiger partial charge in [0.15, 0.2) is 16.6 Å². The average Bonchev–Trinajstić information content (AvgIpc) is 2.66. The van der Waals surface area contributed by atoms with Crippen LogP contribution in [0, 0.1) is 6.92 Å². The number of halogens is 1. The first kappa shape index (κ1) is 20.8. The van der Waals surface area contributed by atoms with E-state index in [0.717, 1.165) is 16.9 Å². The molecule has 0 aliphatic carbocycles. The minimum atomic E-state index is 0.329. The summed E-state index contributed by atoms with van der Waals surface area (Å²) in [6.07, 6.45) is 1.59. The van der Waals surface area contributed by atoms with E-state index in [9.17, 15) is 0 Å². The zero-order valence-electron chi connectivity index (χ0n) is 15.4. The maximum Gasteiger partial charge on any atom is 0.186 e. The van der Waals surface area contributed by atoms with Crippen LogP contribution < -0.4 is 25.0 Å². The van der Waals surface area contributed by atoms with Crippen LogP contribution in [0.25, 0.3) is 0 Å². The second kappa shape index (κ2) is 10.6. The molecule has 0 amide bonds. The Kier molecular flexibility index (Phi) is 8.16. The van der Waals surface area contributed by atoms with E-state index in [0.29, 0.717) is 34.8 Å². The second-order valence-electron chi connectivity index (χ2n) is 5.50. The summed E-state index contributed by atoms with van der Waals surface area (Å²) in [7, 11) is 3.26. The van der Waals surface area contributed by atoms with Gasteiger partial charge in [0.25, 0.3) is 0 Å². The largest absolute Gasteiger partial charge is 0.493 e. The van der Waals surface area contributed by atoms with Crippen molar-refractivity contribution >= 4 is 35.1 Å². The first-order chi connectivity index (χ1) is 13.0. The summed E-state index contributed by atoms with van der Waals surface area (Å²) >= 11 is 11.3. The van der Waals surface area contributed by atoms with Crippen molar-refractivity contribution in [3.8, 4) is 17.2 Å². The molecule has 0 heterocycles. The van der Waals surface area contributed by atoms with Crippen molar-refractivity contribution in [1.29, 1.82) is 0 Å². The van der Waals surface area contributed by atoms with E-state index in [4.69, 9.17) is 38.0 Å². The molecule has 2 aromatic rings. The molecular weight excluding hydrogens is 386 g/mol. The van der Waals surface area contributed by atoms with E-state index >= 15 is 0 Å². The number of hydrogen-bond acceptors (Lipinski definition) is 5. The number of benzene rings is 2. The van der Waals surface area contributed by atoms with Crippen molar-refractivity contribution in [2.24, 2.45) is 5.10 Å². The molecule has 144 valence electrons. The molecule has 0 radical (unpaired) electrons. The van der Waals surface area contributed by atoms with Crippen molar-refractivity contribution in [3.63, 3.8) is 0 Å². The molecule has 2 aromatic carbocycles. The van der Waals surface area contributed by atoms with Gasteiger partial charge in [-0.15, -0.1) is 0 Å². The highest BCUT2D eigenvalue weighted by molar-refractivity contribution is 7.80. The third-order valence-electron chi connectivity index (χ3n) is 3.45. The average molecular weight is 408 g/mol. The number of thiocarbonyl (C=S) groups is 1. The molecule has 0 fully saturated rings. The standard InChI is InChI=1S/C19H22ClN3O3S/c1-13-5-4-6-15(9-13)25-7-8-26-18-16(20)10-14(11-17(18)24-3)12-22-23-19(27)21-2/h4-6,9-12H,7-8H2,1-3H3,(H2,21,23,27)/b22-12+. The number of hydrazone groups is 1. The SMILES string of the molecule is CNC(=S)N/N=C/c1cc(Cl)c(OCCOc2cccc(C)c2)c(OC)c1. The van der Waals surface area contributed by atoms with E-state index in [1.807, 2.05) is 31.2 Å². The highest BCUT2D eigenvalue weighted by Gasteiger charge is 2.11. The highest BCUT2D eigenvalue weighted by atomic mass is 35.5. The van der Waals surface area contributed by atoms with Crippen LogP contribution in [-0.2, 0) is 0 Å². The Morgan fingerprint density at radius 1 is 1.22 bits per heavy atom. The van der Waals surface area contributed by atoms with Gasteiger partial charge in [-0.3, -0.25) is 5.43 Å². The predicted octanol–water partition coefficient (Wildman–Crippen LogP) is 3.54. The van der Waals surface area contributed by atoms with Crippen LogP contribution in [0.15, 0.2) is 41.5 Å². The second-order valence-corrected chi connectivity index (χ2v) is 6.31. The smallest absolute Gasteiger partial charge is 0.186 e. The van der Waals surface area contributed by atoms with Crippen LogP contribution in [0.3, 0.4) is 0 Å². The van der Waals surface area contributed by atoms with Gasteiger partial charge in [0.05, 0.1) is 18.3 Å². The molecular formula is C19H22ClN3O3S. The van der Waals surface area contributed by atoms with Crippen molar-refractivity contribution in [2.45, 2.75) is 6.92 Å². The third kappa shape index (κ3) is 6.62. The molecule has 2 rings (SSSR count). The van der Waals surface area contributed by atoms with Gasteiger partial charge in [-0.05, 0) is 54.5 Å². The quantitative estimate of drug-likeness (QED) is 0.302. The Morgan fingerprint density at radius 3 is 2.70 bits per heavy atom. The molecule has 27 heavy (non-hydrogen) atoms. The van der Waals surface area contributed by atoms with E-state index < -0.39 is 0 Å². The molecule has 0 aliphatic heterocycles. The molecule has 0 saturated carbocycles. The Morgan fingerprint density at radius 2 is 2.00 bits per heavy atom. The van der Waals surface area contributed by atoms with Gasteiger partial charge < -0.3 is 19.5 Å². The van der Waals surface area contributed by atoms with E-state index in [2.05, 4.69) is 15.8 Å². The third-order valence-corrected chi connectivity index (χ3v) is 4.02. The molecule has 0 aromatic heterocycles. The summed E-state index contributed by atoms with van der Waals surface area (Å²) in [5, 5.41) is 7.62. The number of methoxy groups -OCH3 is 1. The van der Waals surface area contributed by atoms with Crippen LogP contribution in [0.2, 0.25) is 5.02 Å². The van der Waals surface area contributed by atoms with E-state index in [1.54, 1.807) is 32.5 Å². The first-order valence-electron chi connectivity index (χ1n) is 8.24. The molecule has 0 spiro atoms. The molecule has 8 heteroatoms. The van der Waals surface area contributed by atoms with Gasteiger partial charge in [0.2, 0.25) is 0 Å². The van der Waals surface area contributed by atoms with Gasteiger partial charge in [-0.25, -0.2) is 0 Å². The zero-order chi connectivity index (χ0) is 19.6. The normalized spacial score (nSPS) is 10.5. The predicted molar refractivity (Wildman–Crippen MR) is 113 cm³/mol. The van der Waals surface area contributed by atoms with Crippen molar-refractivity contribution < 1.29 is 14.2 Å². The summed E-state index contributed by atoms with van der Waals surface area (Å²) in [5.74, 6) is 1.77. The molecule has 0 unspecified atom stereocenters. The van der Waals surface area contributed by atoms with E-state index in [-0.39, 0.29) is 0 Å². The molecule has 2 N–H and O–H groups in total. The lowest BCUT2D eigenvalue weighted by atomic mass is 10.2. The summed E-state index contributed by atoms with van der Waals surface area (Å²) in [4.78, 5) is 0. The van der Waals surface area contributed by atoms with Gasteiger partial charge >= 0.3 is 0 Å². The van der Waals surface area contributed by atoms with Crippen molar-refractivity contribution in [1.82, 2.24) is 10.7 Å². The number of nitrogens with one attached hydrogen (secondary N) is 2. The number of rotatable bonds is 8. The molecule has 0 aliphatic rings. The van der Waals surface area contributed by atoms with Gasteiger partial charge in [0.1, 0.15) is 19.0 Å². The van der Waals surface area contributed by atoms with Gasteiger partial charge in [-0.1, -0.05) is 23.7 Å². The number of ether oxygens (including phenoxy) is 3. The Bertz CT molecular complexity index is 815. The molecule has 0 saturated heterocycles. The number of aryl methyl sites for hydroxylation is 1. The van der Waals surface area contributed by atoms with Crippen LogP contribution in [0.1, 0.15) is 11.1 Å². The Hall–Kier alpha value is -2.51. The number of hydrogen-bond donors (Lipinski definition) is 2. The summed E-state index contributed by atoms with van der Waals surface area (Å²) in [6.45, 7) is 2.73. The minimum absolute atomic E-state index is 0.329. The van der Waals surface area contributed by atoms with Crippen LogP contribution in [-0.4, -0.2) is 38.7 Å². The first-order valence-corrected chi connectivity index (χ1v) is 9.02. The van der Waals surface area contributed by atoms with Crippen LogP contribution >= 0.6 is 23.8 Å². The summed E-state index contributed by atoms with van der Waals surface area (Å²) in [6, 6.07) is 11.3. The lowest BCUT2D eigenvalue weighted by Crippen LogP contribution is -2.28. The molecule has 0 bridgehead atoms. The lowest BCUT2D eigenvalue weighted by molar-refractivity contribution is 0.211. The van der Waals surface area contributed by atoms with Crippen LogP contribution in [0.4, 0.5) is 0 Å². The summed E-state index contributed by atoms with van der Waals surface area (Å²) < 4.78 is 16.8. The summed E-state index contributed by atoms with van der Waals surface area (Å²) in [5.41, 5.74) is 4.55. The Balaban J connectivity index is 1.96. The fraction of sp³-hybridized carbons (Fsp3) is 0.263. The number of nitrogens with zero attached hydrogens (tertiary/aromatic N) is 1. The minimum Gasteiger partial charge on any atom is -0.493 e. The van der Waals surface area contributed by atoms with E-state index in [1.165, 1.54) is 0 Å². The molecule has 0 atom stereocenters. The van der Waals surface area contributed by atoms with Gasteiger partial charge in [-0.2, -0.15) is 5.10 Å². The van der Waals surface area contributed by atoms with Gasteiger partial charge in [0, 0.05) is 7.05 Å². The zero-order valence-corrected chi connectivity index (χ0v) is 17.0.